The highest BCUT2D eigenvalue weighted by Gasteiger charge is 2.53. The average molecular weight is 713 g/mol. The van der Waals surface area contributed by atoms with Crippen LogP contribution in [0.3, 0.4) is 0 Å². The fraction of sp³-hybridized carbons (Fsp3) is 0.425. The van der Waals surface area contributed by atoms with Crippen LogP contribution in [0.4, 0.5) is 0 Å². The zero-order chi connectivity index (χ0) is 36.6. The predicted molar refractivity (Wildman–Crippen MR) is 199 cm³/mol. The Morgan fingerprint density at radius 2 is 1.55 bits per heavy atom. The molecule has 1 atom stereocenters. The van der Waals surface area contributed by atoms with E-state index in [0.717, 1.165) is 45.9 Å². The van der Waals surface area contributed by atoms with E-state index in [4.69, 9.17) is 9.47 Å². The van der Waals surface area contributed by atoms with Gasteiger partial charge in [0.1, 0.15) is 11.8 Å². The Hall–Kier alpha value is -4.61. The molecule has 1 saturated heterocycles. The average Bonchev–Trinajstić information content (AvgIpc) is 3.62. The summed E-state index contributed by atoms with van der Waals surface area (Å²) in [6.45, 7) is 8.98. The number of hydrogen-bond acceptors (Lipinski definition) is 8. The third-order valence-corrected chi connectivity index (χ3v) is 10.7. The minimum atomic E-state index is -1.44. The van der Waals surface area contributed by atoms with Gasteiger partial charge in [-0.3, -0.25) is 9.59 Å². The number of methoxy groups -OCH3 is 1. The van der Waals surface area contributed by atoms with E-state index in [2.05, 4.69) is 43.0 Å². The van der Waals surface area contributed by atoms with Crippen molar-refractivity contribution in [3.8, 4) is 28.3 Å². The summed E-state index contributed by atoms with van der Waals surface area (Å²) in [4.78, 5) is 51.0. The number of carboxylic acids is 1. The van der Waals surface area contributed by atoms with Gasteiger partial charge in [-0.15, -0.1) is 11.3 Å². The summed E-state index contributed by atoms with van der Waals surface area (Å²) < 4.78 is 11.1. The molecule has 270 valence electrons. The molecular weight excluding hydrogens is 665 g/mol. The van der Waals surface area contributed by atoms with Crippen LogP contribution in [-0.4, -0.2) is 76.2 Å². The quantitative estimate of drug-likeness (QED) is 0.117. The Balaban J connectivity index is 1.24. The highest BCUT2D eigenvalue weighted by Crippen LogP contribution is 2.30. The molecule has 11 heteroatoms. The molecule has 0 bridgehead atoms. The van der Waals surface area contributed by atoms with Crippen molar-refractivity contribution >= 4 is 29.1 Å². The van der Waals surface area contributed by atoms with Crippen molar-refractivity contribution in [1.29, 1.82) is 0 Å². The van der Waals surface area contributed by atoms with Gasteiger partial charge in [0.15, 0.2) is 11.4 Å². The largest absolute Gasteiger partial charge is 0.494 e. The topological polar surface area (TPSA) is 131 Å². The van der Waals surface area contributed by atoms with Gasteiger partial charge in [-0.25, -0.2) is 14.8 Å². The monoisotopic (exact) mass is 712 g/mol. The van der Waals surface area contributed by atoms with E-state index in [1.165, 1.54) is 49.0 Å². The number of hydrogen-bond donors (Lipinski definition) is 2. The molecule has 10 nitrogen and oxygen atoms in total. The Labute approximate surface area is 304 Å². The molecule has 0 saturated carbocycles. The number of rotatable bonds is 16. The van der Waals surface area contributed by atoms with Crippen molar-refractivity contribution in [2.24, 2.45) is 0 Å². The summed E-state index contributed by atoms with van der Waals surface area (Å²) in [6, 6.07) is 18.3. The first kappa shape index (κ1) is 37.6. The number of nitrogens with zero attached hydrogens (tertiary/aromatic N) is 3. The van der Waals surface area contributed by atoms with E-state index in [9.17, 15) is 19.5 Å². The molecule has 4 aromatic rings. The van der Waals surface area contributed by atoms with Crippen molar-refractivity contribution in [1.82, 2.24) is 20.2 Å². The number of carboxylic acid groups (broad SMARTS) is 1. The molecule has 2 N–H and O–H groups in total. The summed E-state index contributed by atoms with van der Waals surface area (Å²) in [5.74, 6) is -0.429. The SMILES string of the molecule is CCCCCCCOc1ccc(-c2cnc(-c3ccc(CC(NC(=O)c4ccc(C(C)(C)C)s4)C(=O)N4CC(OC)(C(=O)O)C4)cc3)nc2)cc1. The van der Waals surface area contributed by atoms with Crippen molar-refractivity contribution in [2.75, 3.05) is 26.8 Å². The number of unbranched alkanes of at least 4 members (excludes halogenated alkanes) is 4. The third kappa shape index (κ3) is 9.39. The van der Waals surface area contributed by atoms with Gasteiger partial charge < -0.3 is 24.8 Å². The van der Waals surface area contributed by atoms with Crippen LogP contribution < -0.4 is 10.1 Å². The maximum absolute atomic E-state index is 13.7. The Kier molecular flexibility index (Phi) is 12.3. The number of carbonyl (C=O) groups excluding carboxylic acids is 2. The van der Waals surface area contributed by atoms with E-state index in [0.29, 0.717) is 10.7 Å². The first-order chi connectivity index (χ1) is 24.4. The number of thiophene rings is 1. The van der Waals surface area contributed by atoms with Gasteiger partial charge in [0, 0.05) is 41.9 Å². The second-order valence-electron chi connectivity index (χ2n) is 14.1. The minimum absolute atomic E-state index is 0.0966. The van der Waals surface area contributed by atoms with Gasteiger partial charge in [-0.2, -0.15) is 0 Å². The number of carbonyl (C=O) groups is 3. The second kappa shape index (κ2) is 16.6. The summed E-state index contributed by atoms with van der Waals surface area (Å²) >= 11 is 1.39. The zero-order valence-electron chi connectivity index (χ0n) is 30.1. The lowest BCUT2D eigenvalue weighted by atomic mass is 9.92. The molecule has 51 heavy (non-hydrogen) atoms. The van der Waals surface area contributed by atoms with Gasteiger partial charge in [0.25, 0.3) is 5.91 Å². The molecule has 2 amide bonds. The van der Waals surface area contributed by atoms with Gasteiger partial charge in [-0.05, 0) is 47.2 Å². The van der Waals surface area contributed by atoms with Crippen molar-refractivity contribution in [3.05, 3.63) is 88.4 Å². The first-order valence-corrected chi connectivity index (χ1v) is 18.4. The lowest BCUT2D eigenvalue weighted by molar-refractivity contribution is -0.188. The molecule has 3 heterocycles. The van der Waals surface area contributed by atoms with Crippen LogP contribution >= 0.6 is 11.3 Å². The summed E-state index contributed by atoms with van der Waals surface area (Å²) in [5.41, 5.74) is 1.95. The maximum atomic E-state index is 13.7. The highest BCUT2D eigenvalue weighted by molar-refractivity contribution is 7.14. The van der Waals surface area contributed by atoms with Crippen molar-refractivity contribution in [3.63, 3.8) is 0 Å². The van der Waals surface area contributed by atoms with Crippen molar-refractivity contribution < 1.29 is 29.0 Å². The number of benzene rings is 2. The van der Waals surface area contributed by atoms with E-state index in [1.807, 2.05) is 54.6 Å². The van der Waals surface area contributed by atoms with Gasteiger partial charge in [0.2, 0.25) is 5.91 Å². The molecule has 2 aromatic heterocycles. The predicted octanol–water partition coefficient (Wildman–Crippen LogP) is 7.17. The van der Waals surface area contributed by atoms with E-state index >= 15 is 0 Å². The smallest absolute Gasteiger partial charge is 0.339 e. The fourth-order valence-corrected chi connectivity index (χ4v) is 6.85. The minimum Gasteiger partial charge on any atom is -0.494 e. The number of aliphatic carboxylic acids is 1. The van der Waals surface area contributed by atoms with Crippen LogP contribution in [0.2, 0.25) is 0 Å². The lowest BCUT2D eigenvalue weighted by Gasteiger charge is -2.46. The third-order valence-electron chi connectivity index (χ3n) is 9.17. The standard InChI is InChI=1S/C40H48N4O6S/c1-6-7-8-9-10-21-50-31-17-15-28(16-18-31)30-23-41-35(42-24-30)29-13-11-27(12-14-29)22-32(37(46)44-25-40(26-44,49-5)38(47)48)43-36(45)33-19-20-34(51-33)39(2,3)4/h11-20,23-24,32H,6-10,21-22,25-26H2,1-5H3,(H,43,45)(H,47,48). The first-order valence-electron chi connectivity index (χ1n) is 17.6. The molecule has 1 aliphatic heterocycles. The molecular formula is C40H48N4O6S. The van der Waals surface area contributed by atoms with Gasteiger partial charge >= 0.3 is 5.97 Å². The van der Waals surface area contributed by atoms with Crippen molar-refractivity contribution in [2.45, 2.75) is 83.3 Å². The summed E-state index contributed by atoms with van der Waals surface area (Å²) in [6.07, 6.45) is 9.81. The molecule has 1 aliphatic rings. The molecule has 0 aliphatic carbocycles. The highest BCUT2D eigenvalue weighted by atomic mass is 32.1. The second-order valence-corrected chi connectivity index (χ2v) is 15.2. The summed E-state index contributed by atoms with van der Waals surface area (Å²) in [5, 5.41) is 12.5. The lowest BCUT2D eigenvalue weighted by Crippen LogP contribution is -2.70. The van der Waals surface area contributed by atoms with Crippen LogP contribution in [0.15, 0.2) is 73.1 Å². The normalized spacial score (nSPS) is 14.4. The Bertz CT molecular complexity index is 1780. The number of amides is 2. The Morgan fingerprint density at radius 1 is 0.902 bits per heavy atom. The van der Waals surface area contributed by atoms with E-state index in [1.54, 1.807) is 18.5 Å². The zero-order valence-corrected chi connectivity index (χ0v) is 30.9. The molecule has 2 aromatic carbocycles. The number of ether oxygens (including phenoxy) is 2. The number of likely N-dealkylation sites (tertiary alicyclic amines) is 1. The molecule has 1 fully saturated rings. The Morgan fingerprint density at radius 3 is 2.14 bits per heavy atom. The number of nitrogens with one attached hydrogen (secondary N) is 1. The van der Waals surface area contributed by atoms with Gasteiger partial charge in [-0.1, -0.05) is 89.8 Å². The van der Waals surface area contributed by atoms with Crippen LogP contribution in [-0.2, 0) is 26.2 Å². The van der Waals surface area contributed by atoms with Crippen LogP contribution in [0.1, 0.15) is 79.9 Å². The molecule has 1 unspecified atom stereocenters. The molecule has 5 rings (SSSR count). The molecule has 0 radical (unpaired) electrons. The van der Waals surface area contributed by atoms with Crippen LogP contribution in [0.5, 0.6) is 5.75 Å². The molecule has 0 spiro atoms. The van der Waals surface area contributed by atoms with E-state index in [-0.39, 0.29) is 36.7 Å². The maximum Gasteiger partial charge on any atom is 0.339 e. The van der Waals surface area contributed by atoms with Crippen LogP contribution in [0.25, 0.3) is 22.5 Å². The fourth-order valence-electron chi connectivity index (χ4n) is 5.88. The summed E-state index contributed by atoms with van der Waals surface area (Å²) in [7, 11) is 1.32. The van der Waals surface area contributed by atoms with Crippen LogP contribution in [0, 0.1) is 0 Å². The van der Waals surface area contributed by atoms with Gasteiger partial charge in [0.05, 0.1) is 24.6 Å². The number of aromatic nitrogens is 2. The van der Waals surface area contributed by atoms with E-state index < -0.39 is 17.6 Å².